The lowest BCUT2D eigenvalue weighted by molar-refractivity contribution is -0.131. The van der Waals surface area contributed by atoms with E-state index in [-0.39, 0.29) is 25.5 Å². The highest BCUT2D eigenvalue weighted by atomic mass is 35.5. The Morgan fingerprint density at radius 1 is 1.11 bits per heavy atom. The average molecular weight is 422 g/mol. The van der Waals surface area contributed by atoms with Crippen molar-refractivity contribution in [1.82, 2.24) is 4.90 Å². The number of rotatable bonds is 7. The summed E-state index contributed by atoms with van der Waals surface area (Å²) in [4.78, 5) is 25.7. The Morgan fingerprint density at radius 2 is 1.71 bits per heavy atom. The van der Waals surface area contributed by atoms with Gasteiger partial charge in [-0.05, 0) is 17.7 Å². The number of amides is 1. The zero-order valence-corrected chi connectivity index (χ0v) is 16.6. The first-order valence-electron chi connectivity index (χ1n) is 8.98. The molecule has 0 unspecified atom stereocenters. The van der Waals surface area contributed by atoms with E-state index in [0.29, 0.717) is 5.56 Å². The van der Waals surface area contributed by atoms with Gasteiger partial charge in [-0.3, -0.25) is 4.79 Å². The van der Waals surface area contributed by atoms with Gasteiger partial charge in [0.25, 0.3) is 0 Å². The maximum atomic E-state index is 13.2. The van der Waals surface area contributed by atoms with Gasteiger partial charge < -0.3 is 14.7 Å². The third-order valence-corrected chi connectivity index (χ3v) is 5.77. The number of esters is 1. The molecular formula is C21H21Cl2NO4. The SMILES string of the molecule is O=C(O[C@H]1[C@@H](CCl)N(Cc2ccccc2)C(=O)[C@]1(Cl)CCO)c1ccccc1. The molecule has 5 nitrogen and oxygen atoms in total. The van der Waals surface area contributed by atoms with Gasteiger partial charge >= 0.3 is 5.97 Å². The monoisotopic (exact) mass is 421 g/mol. The molecule has 1 heterocycles. The number of carbonyl (C=O) groups excluding carboxylic acids is 2. The first kappa shape index (κ1) is 20.6. The topological polar surface area (TPSA) is 66.8 Å². The summed E-state index contributed by atoms with van der Waals surface area (Å²) in [5.41, 5.74) is 1.26. The van der Waals surface area contributed by atoms with E-state index in [1.54, 1.807) is 30.3 Å². The van der Waals surface area contributed by atoms with Crippen LogP contribution in [0.2, 0.25) is 0 Å². The minimum absolute atomic E-state index is 0.0429. The van der Waals surface area contributed by atoms with Gasteiger partial charge in [0.15, 0.2) is 11.0 Å². The number of aliphatic hydroxyl groups excluding tert-OH is 1. The third kappa shape index (κ3) is 4.02. The van der Waals surface area contributed by atoms with Crippen molar-refractivity contribution in [1.29, 1.82) is 0 Å². The summed E-state index contributed by atoms with van der Waals surface area (Å²) in [7, 11) is 0. The van der Waals surface area contributed by atoms with E-state index >= 15 is 0 Å². The van der Waals surface area contributed by atoms with Crippen molar-refractivity contribution >= 4 is 35.1 Å². The van der Waals surface area contributed by atoms with Crippen LogP contribution in [0.3, 0.4) is 0 Å². The van der Waals surface area contributed by atoms with Gasteiger partial charge in [0.2, 0.25) is 5.91 Å². The Bertz CT molecular complexity index is 818. The minimum Gasteiger partial charge on any atom is -0.454 e. The molecule has 1 saturated heterocycles. The van der Waals surface area contributed by atoms with Crippen molar-refractivity contribution in [2.75, 3.05) is 12.5 Å². The van der Waals surface area contributed by atoms with Crippen molar-refractivity contribution in [2.45, 2.75) is 30.0 Å². The number of benzene rings is 2. The zero-order valence-electron chi connectivity index (χ0n) is 15.1. The van der Waals surface area contributed by atoms with E-state index < -0.39 is 28.9 Å². The van der Waals surface area contributed by atoms with E-state index in [2.05, 4.69) is 0 Å². The number of ether oxygens (including phenoxy) is 1. The number of aliphatic hydroxyl groups is 1. The minimum atomic E-state index is -1.56. The van der Waals surface area contributed by atoms with E-state index in [1.807, 2.05) is 30.3 Å². The molecule has 3 rings (SSSR count). The predicted octanol–water partition coefficient (Wildman–Crippen LogP) is 3.22. The number of halogens is 2. The molecule has 0 saturated carbocycles. The molecule has 1 fully saturated rings. The summed E-state index contributed by atoms with van der Waals surface area (Å²) < 4.78 is 5.68. The van der Waals surface area contributed by atoms with Gasteiger partial charge in [-0.2, -0.15) is 0 Å². The molecule has 2 aromatic carbocycles. The predicted molar refractivity (Wildman–Crippen MR) is 107 cm³/mol. The fourth-order valence-corrected chi connectivity index (χ4v) is 4.17. The second-order valence-corrected chi connectivity index (χ2v) is 7.65. The summed E-state index contributed by atoms with van der Waals surface area (Å²) in [6, 6.07) is 17.3. The number of likely N-dealkylation sites (tertiary alicyclic amines) is 1. The van der Waals surface area contributed by atoms with Crippen LogP contribution in [0.1, 0.15) is 22.3 Å². The molecule has 0 bridgehead atoms. The van der Waals surface area contributed by atoms with Gasteiger partial charge in [-0.25, -0.2) is 4.79 Å². The van der Waals surface area contributed by atoms with Crippen LogP contribution in [0.5, 0.6) is 0 Å². The standard InChI is InChI=1S/C21H21Cl2NO4/c22-13-17-18(28-19(26)16-9-5-2-6-10-16)21(23,11-12-25)20(27)24(17)14-15-7-3-1-4-8-15/h1-10,17-18,25H,11-14H2/t17-,18+,21+/m1/s1. The van der Waals surface area contributed by atoms with Gasteiger partial charge in [-0.15, -0.1) is 23.2 Å². The summed E-state index contributed by atoms with van der Waals surface area (Å²) in [6.07, 6.45) is -1.03. The molecule has 1 aliphatic rings. The second kappa shape index (κ2) is 8.95. The quantitative estimate of drug-likeness (QED) is 0.550. The molecule has 0 aromatic heterocycles. The maximum absolute atomic E-state index is 13.2. The lowest BCUT2D eigenvalue weighted by atomic mass is 9.97. The van der Waals surface area contributed by atoms with E-state index in [4.69, 9.17) is 27.9 Å². The highest BCUT2D eigenvalue weighted by molar-refractivity contribution is 6.36. The first-order valence-corrected chi connectivity index (χ1v) is 9.89. The Labute approximate surface area is 173 Å². The summed E-state index contributed by atoms with van der Waals surface area (Å²) in [5, 5.41) is 9.48. The van der Waals surface area contributed by atoms with Crippen LogP contribution in [0, 0.1) is 0 Å². The van der Waals surface area contributed by atoms with Crippen LogP contribution < -0.4 is 0 Å². The Hall–Kier alpha value is -2.08. The largest absolute Gasteiger partial charge is 0.454 e. The number of nitrogens with zero attached hydrogens (tertiary/aromatic N) is 1. The molecular weight excluding hydrogens is 401 g/mol. The molecule has 2 aromatic rings. The molecule has 148 valence electrons. The lowest BCUT2D eigenvalue weighted by Gasteiger charge is -2.28. The number of hydrogen-bond donors (Lipinski definition) is 1. The van der Waals surface area contributed by atoms with Crippen molar-refractivity contribution in [3.63, 3.8) is 0 Å². The van der Waals surface area contributed by atoms with Crippen LogP contribution in [0.25, 0.3) is 0 Å². The molecule has 0 radical (unpaired) electrons. The normalized spacial score (nSPS) is 24.4. The van der Waals surface area contributed by atoms with Crippen molar-refractivity contribution in [3.8, 4) is 0 Å². The lowest BCUT2D eigenvalue weighted by Crippen LogP contribution is -2.45. The zero-order chi connectivity index (χ0) is 20.1. The van der Waals surface area contributed by atoms with Gasteiger partial charge in [-0.1, -0.05) is 48.5 Å². The summed E-state index contributed by atoms with van der Waals surface area (Å²) >= 11 is 12.8. The molecule has 28 heavy (non-hydrogen) atoms. The number of carbonyl (C=O) groups is 2. The fourth-order valence-electron chi connectivity index (χ4n) is 3.45. The van der Waals surface area contributed by atoms with Crippen LogP contribution in [0.4, 0.5) is 0 Å². The number of hydrogen-bond acceptors (Lipinski definition) is 4. The van der Waals surface area contributed by atoms with Crippen LogP contribution >= 0.6 is 23.2 Å². The Morgan fingerprint density at radius 3 is 2.29 bits per heavy atom. The van der Waals surface area contributed by atoms with Crippen molar-refractivity contribution in [2.24, 2.45) is 0 Å². The van der Waals surface area contributed by atoms with Gasteiger partial charge in [0, 0.05) is 25.5 Å². The maximum Gasteiger partial charge on any atom is 0.338 e. The molecule has 7 heteroatoms. The number of alkyl halides is 2. The van der Waals surface area contributed by atoms with Crippen LogP contribution in [-0.2, 0) is 16.1 Å². The van der Waals surface area contributed by atoms with E-state index in [1.165, 1.54) is 4.90 Å². The van der Waals surface area contributed by atoms with Crippen LogP contribution in [0.15, 0.2) is 60.7 Å². The molecule has 0 spiro atoms. The van der Waals surface area contributed by atoms with Crippen LogP contribution in [-0.4, -0.2) is 51.4 Å². The Balaban J connectivity index is 1.90. The Kier molecular flexibility index (Phi) is 6.60. The third-order valence-electron chi connectivity index (χ3n) is 4.89. The average Bonchev–Trinajstić information content (AvgIpc) is 2.91. The van der Waals surface area contributed by atoms with Gasteiger partial charge in [0.05, 0.1) is 11.6 Å². The first-order chi connectivity index (χ1) is 13.5. The molecule has 1 N–H and O–H groups in total. The fraction of sp³-hybridized carbons (Fsp3) is 0.333. The van der Waals surface area contributed by atoms with Crippen molar-refractivity contribution < 1.29 is 19.4 Å². The molecule has 1 aliphatic heterocycles. The summed E-state index contributed by atoms with van der Waals surface area (Å²) in [6.45, 7) is -0.0286. The second-order valence-electron chi connectivity index (χ2n) is 6.67. The smallest absolute Gasteiger partial charge is 0.338 e. The van der Waals surface area contributed by atoms with Crippen molar-refractivity contribution in [3.05, 3.63) is 71.8 Å². The molecule has 1 amide bonds. The summed E-state index contributed by atoms with van der Waals surface area (Å²) in [5.74, 6) is -0.938. The highest BCUT2D eigenvalue weighted by Crippen LogP contribution is 2.41. The van der Waals surface area contributed by atoms with E-state index in [0.717, 1.165) is 5.56 Å². The molecule has 0 aliphatic carbocycles. The van der Waals surface area contributed by atoms with E-state index in [9.17, 15) is 14.7 Å². The highest BCUT2D eigenvalue weighted by Gasteiger charge is 2.60. The molecule has 3 atom stereocenters. The van der Waals surface area contributed by atoms with Gasteiger partial charge in [0.1, 0.15) is 0 Å².